The summed E-state index contributed by atoms with van der Waals surface area (Å²) < 4.78 is 0. The van der Waals surface area contributed by atoms with Crippen molar-refractivity contribution >= 4 is 34.3 Å². The predicted octanol–water partition coefficient (Wildman–Crippen LogP) is 4.03. The first kappa shape index (κ1) is 20.1. The Morgan fingerprint density at radius 3 is 2.47 bits per heavy atom. The van der Waals surface area contributed by atoms with Crippen molar-refractivity contribution in [2.24, 2.45) is 0 Å². The quantitative estimate of drug-likeness (QED) is 0.561. The summed E-state index contributed by atoms with van der Waals surface area (Å²) in [6, 6.07) is 16.4. The fourth-order valence-electron chi connectivity index (χ4n) is 3.80. The molecule has 1 fully saturated rings. The number of aromatic amines is 1. The second-order valence-corrected chi connectivity index (χ2v) is 7.91. The number of H-pyrrole nitrogens is 1. The first-order chi connectivity index (χ1) is 14.6. The van der Waals surface area contributed by atoms with E-state index in [-0.39, 0.29) is 23.9 Å². The van der Waals surface area contributed by atoms with Crippen molar-refractivity contribution in [3.63, 3.8) is 0 Å². The van der Waals surface area contributed by atoms with E-state index in [9.17, 15) is 9.59 Å². The Balaban J connectivity index is 1.42. The lowest BCUT2D eigenvalue weighted by atomic mass is 9.90. The van der Waals surface area contributed by atoms with Crippen molar-refractivity contribution < 1.29 is 9.59 Å². The number of rotatable bonds is 3. The Labute approximate surface area is 180 Å². The van der Waals surface area contributed by atoms with Crippen LogP contribution in [-0.4, -0.2) is 28.9 Å². The third-order valence-corrected chi connectivity index (χ3v) is 5.56. The van der Waals surface area contributed by atoms with E-state index in [2.05, 4.69) is 27.5 Å². The largest absolute Gasteiger partial charge is 0.351 e. The first-order valence-electron chi connectivity index (χ1n) is 10.1. The normalized spacial score (nSPS) is 18.3. The maximum atomic E-state index is 12.8. The van der Waals surface area contributed by atoms with Crippen LogP contribution in [0.4, 0.5) is 0 Å². The molecule has 2 atom stereocenters. The molecule has 2 amide bonds. The van der Waals surface area contributed by atoms with Crippen LogP contribution < -0.4 is 10.6 Å². The number of benzene rings is 2. The Kier molecular flexibility index (Phi) is 6.06. The smallest absolute Gasteiger partial charge is 0.296 e. The van der Waals surface area contributed by atoms with Crippen molar-refractivity contribution in [2.45, 2.75) is 37.8 Å². The molecule has 1 aliphatic rings. The molecule has 0 radical (unpaired) electrons. The lowest BCUT2D eigenvalue weighted by Crippen LogP contribution is -2.53. The van der Waals surface area contributed by atoms with Gasteiger partial charge in [0.25, 0.3) is 11.8 Å². The number of carbonyl (C=O) groups excluding carboxylic acids is 2. The zero-order valence-corrected chi connectivity index (χ0v) is 17.1. The molecule has 3 aromatic rings. The molecule has 1 aliphatic carbocycles. The van der Waals surface area contributed by atoms with Gasteiger partial charge in [-0.2, -0.15) is 0 Å². The lowest BCUT2D eigenvalue weighted by molar-refractivity contribution is -0.116. The van der Waals surface area contributed by atoms with Gasteiger partial charge in [-0.1, -0.05) is 48.6 Å². The van der Waals surface area contributed by atoms with Gasteiger partial charge in [-0.25, -0.2) is 0 Å². The van der Waals surface area contributed by atoms with E-state index in [0.29, 0.717) is 10.7 Å². The molecular formula is C24H22ClN3O2. The summed E-state index contributed by atoms with van der Waals surface area (Å²) in [7, 11) is 0. The van der Waals surface area contributed by atoms with Crippen molar-refractivity contribution in [3.05, 3.63) is 70.9 Å². The number of nitrogens with one attached hydrogen (secondary N) is 3. The zero-order chi connectivity index (χ0) is 20.9. The highest BCUT2D eigenvalue weighted by molar-refractivity contribution is 6.31. The minimum atomic E-state index is -0.328. The molecule has 0 bridgehead atoms. The summed E-state index contributed by atoms with van der Waals surface area (Å²) in [5.41, 5.74) is 2.13. The van der Waals surface area contributed by atoms with Crippen LogP contribution in [0, 0.1) is 11.8 Å². The van der Waals surface area contributed by atoms with Crippen molar-refractivity contribution in [2.75, 3.05) is 0 Å². The molecule has 0 spiro atoms. The third kappa shape index (κ3) is 4.84. The Hall–Kier alpha value is -3.23. The van der Waals surface area contributed by atoms with Gasteiger partial charge in [0.2, 0.25) is 0 Å². The van der Waals surface area contributed by atoms with E-state index in [1.54, 1.807) is 12.1 Å². The highest BCUT2D eigenvalue weighted by atomic mass is 35.5. The second kappa shape index (κ2) is 9.06. The van der Waals surface area contributed by atoms with E-state index in [1.165, 1.54) is 0 Å². The van der Waals surface area contributed by atoms with Gasteiger partial charge in [-0.05, 0) is 49.2 Å². The summed E-state index contributed by atoms with van der Waals surface area (Å²) in [6.45, 7) is 0. The topological polar surface area (TPSA) is 74.0 Å². The molecule has 0 aliphatic heterocycles. The minimum absolute atomic E-state index is 0.135. The zero-order valence-electron chi connectivity index (χ0n) is 16.4. The van der Waals surface area contributed by atoms with Crippen LogP contribution in [0.15, 0.2) is 54.6 Å². The molecule has 3 N–H and O–H groups in total. The van der Waals surface area contributed by atoms with Gasteiger partial charge < -0.3 is 15.6 Å². The molecule has 4 rings (SSSR count). The van der Waals surface area contributed by atoms with Gasteiger partial charge in [0.1, 0.15) is 5.69 Å². The Morgan fingerprint density at radius 1 is 0.967 bits per heavy atom. The van der Waals surface area contributed by atoms with Gasteiger partial charge in [0.15, 0.2) is 0 Å². The standard InChI is InChI=1S/C24H22ClN3O2/c25-18-11-12-19-17(14-18)15-22(26-19)24(30)28-21-9-5-4-8-20(21)27-23(29)13-10-16-6-2-1-3-7-16/h1-3,6-7,11-12,14-15,20-21,26H,4-5,8-9H2,(H,27,29)(H,28,30)/t20-,21+/m0/s1. The molecular weight excluding hydrogens is 398 g/mol. The fourth-order valence-corrected chi connectivity index (χ4v) is 3.98. The van der Waals surface area contributed by atoms with E-state index >= 15 is 0 Å². The molecule has 152 valence electrons. The molecule has 1 aromatic heterocycles. The maximum absolute atomic E-state index is 12.8. The van der Waals surface area contributed by atoms with E-state index < -0.39 is 0 Å². The lowest BCUT2D eigenvalue weighted by Gasteiger charge is -2.32. The monoisotopic (exact) mass is 419 g/mol. The van der Waals surface area contributed by atoms with Crippen LogP contribution in [0.2, 0.25) is 5.02 Å². The number of halogens is 1. The molecule has 2 aromatic carbocycles. The molecule has 1 heterocycles. The number of hydrogen-bond acceptors (Lipinski definition) is 2. The van der Waals surface area contributed by atoms with Gasteiger partial charge in [0.05, 0.1) is 0 Å². The fraction of sp³-hybridized carbons (Fsp3) is 0.250. The second-order valence-electron chi connectivity index (χ2n) is 7.47. The maximum Gasteiger partial charge on any atom is 0.296 e. The van der Waals surface area contributed by atoms with Gasteiger partial charge in [-0.3, -0.25) is 9.59 Å². The highest BCUT2D eigenvalue weighted by Crippen LogP contribution is 2.22. The van der Waals surface area contributed by atoms with E-state index in [0.717, 1.165) is 42.1 Å². The van der Waals surface area contributed by atoms with Gasteiger partial charge >= 0.3 is 0 Å². The molecule has 1 saturated carbocycles. The van der Waals surface area contributed by atoms with Crippen LogP contribution in [0.3, 0.4) is 0 Å². The van der Waals surface area contributed by atoms with Crippen LogP contribution in [0.25, 0.3) is 10.9 Å². The van der Waals surface area contributed by atoms with Crippen molar-refractivity contribution in [1.29, 1.82) is 0 Å². The van der Waals surface area contributed by atoms with Gasteiger partial charge in [0, 0.05) is 39.5 Å². The number of carbonyl (C=O) groups is 2. The van der Waals surface area contributed by atoms with Crippen LogP contribution in [-0.2, 0) is 4.79 Å². The first-order valence-corrected chi connectivity index (χ1v) is 10.4. The summed E-state index contributed by atoms with van der Waals surface area (Å²) >= 11 is 6.03. The number of fused-ring (bicyclic) bond motifs is 1. The van der Waals surface area contributed by atoms with Crippen molar-refractivity contribution in [1.82, 2.24) is 15.6 Å². The van der Waals surface area contributed by atoms with Crippen LogP contribution in [0.1, 0.15) is 41.7 Å². The molecule has 30 heavy (non-hydrogen) atoms. The number of amides is 2. The SMILES string of the molecule is O=C(C#Cc1ccccc1)N[C@H]1CCCC[C@H]1NC(=O)c1cc2cc(Cl)ccc2[nH]1. The summed E-state index contributed by atoms with van der Waals surface area (Å²) in [5, 5.41) is 7.56. The van der Waals surface area contributed by atoms with Crippen molar-refractivity contribution in [3.8, 4) is 11.8 Å². The third-order valence-electron chi connectivity index (χ3n) is 5.32. The number of aromatic nitrogens is 1. The predicted molar refractivity (Wildman–Crippen MR) is 118 cm³/mol. The average Bonchev–Trinajstić information content (AvgIpc) is 3.18. The average molecular weight is 420 g/mol. The summed E-state index contributed by atoms with van der Waals surface area (Å²) in [6.07, 6.45) is 3.64. The minimum Gasteiger partial charge on any atom is -0.351 e. The molecule has 6 heteroatoms. The van der Waals surface area contributed by atoms with Gasteiger partial charge in [-0.15, -0.1) is 0 Å². The highest BCUT2D eigenvalue weighted by Gasteiger charge is 2.28. The van der Waals surface area contributed by atoms with E-state index in [1.807, 2.05) is 42.5 Å². The Morgan fingerprint density at radius 2 is 1.70 bits per heavy atom. The Bertz CT molecular complexity index is 1130. The summed E-state index contributed by atoms with van der Waals surface area (Å²) in [4.78, 5) is 28.2. The molecule has 0 unspecified atom stereocenters. The van der Waals surface area contributed by atoms with E-state index in [4.69, 9.17) is 11.6 Å². The van der Waals surface area contributed by atoms with Crippen LogP contribution >= 0.6 is 11.6 Å². The molecule has 0 saturated heterocycles. The number of hydrogen-bond donors (Lipinski definition) is 3. The van der Waals surface area contributed by atoms with Crippen LogP contribution in [0.5, 0.6) is 0 Å². The molecule has 5 nitrogen and oxygen atoms in total. The summed E-state index contributed by atoms with van der Waals surface area (Å²) in [5.74, 6) is 4.99.